The van der Waals surface area contributed by atoms with Gasteiger partial charge >= 0.3 is 0 Å². The highest BCUT2D eigenvalue weighted by atomic mass is 16.2. The van der Waals surface area contributed by atoms with E-state index in [-0.39, 0.29) is 11.9 Å². The van der Waals surface area contributed by atoms with Crippen molar-refractivity contribution in [3.05, 3.63) is 23.3 Å². The molecule has 64 valence electrons. The van der Waals surface area contributed by atoms with E-state index < -0.39 is 0 Å². The Hall–Kier alpha value is -1.05. The van der Waals surface area contributed by atoms with Crippen molar-refractivity contribution >= 4 is 5.91 Å². The summed E-state index contributed by atoms with van der Waals surface area (Å²) in [7, 11) is 1.87. The first-order chi connectivity index (χ1) is 5.72. The highest BCUT2D eigenvalue weighted by Crippen LogP contribution is 2.31. The Balaban J connectivity index is 2.42. The Morgan fingerprint density at radius 2 is 2.33 bits per heavy atom. The van der Waals surface area contributed by atoms with Crippen molar-refractivity contribution in [2.45, 2.75) is 25.8 Å². The molecule has 0 fully saturated rings. The summed E-state index contributed by atoms with van der Waals surface area (Å²) >= 11 is 0. The quantitative estimate of drug-likeness (QED) is 0.530. The van der Waals surface area contributed by atoms with Crippen LogP contribution in [0.3, 0.4) is 0 Å². The predicted octanol–water partition coefficient (Wildman–Crippen LogP) is 1.49. The van der Waals surface area contributed by atoms with Gasteiger partial charge < -0.3 is 4.90 Å². The molecule has 0 saturated heterocycles. The molecule has 0 aromatic carbocycles. The fourth-order valence-electron chi connectivity index (χ4n) is 1.90. The Bertz CT molecular complexity index is 288. The van der Waals surface area contributed by atoms with Gasteiger partial charge in [0.2, 0.25) is 5.91 Å². The monoisotopic (exact) mass is 163 g/mol. The fraction of sp³-hybridized carbons (Fsp3) is 0.500. The summed E-state index contributed by atoms with van der Waals surface area (Å²) in [6, 6.07) is 0.282. The molecule has 0 spiro atoms. The number of hydrogen-bond donors (Lipinski definition) is 0. The molecule has 2 nitrogen and oxygen atoms in total. The molecule has 1 unspecified atom stereocenters. The molecule has 2 rings (SSSR count). The second kappa shape index (κ2) is 2.47. The first-order valence-corrected chi connectivity index (χ1v) is 4.38. The lowest BCUT2D eigenvalue weighted by Crippen LogP contribution is -2.28. The molecule has 1 amide bonds. The lowest BCUT2D eigenvalue weighted by molar-refractivity contribution is -0.125. The first kappa shape index (κ1) is 7.59. The normalized spacial score (nSPS) is 28.3. The van der Waals surface area contributed by atoms with Crippen molar-refractivity contribution in [2.75, 3.05) is 7.05 Å². The van der Waals surface area contributed by atoms with E-state index in [1.54, 1.807) is 0 Å². The van der Waals surface area contributed by atoms with Crippen LogP contribution in [0.1, 0.15) is 19.8 Å². The molecular formula is C10H13NO. The molecule has 0 saturated carbocycles. The molecular weight excluding hydrogens is 150 g/mol. The number of likely N-dealkylation sites (N-methyl/N-ethyl adjacent to an activating group) is 1. The van der Waals surface area contributed by atoms with Crippen LogP contribution in [-0.2, 0) is 4.79 Å². The maximum Gasteiger partial charge on any atom is 0.250 e. The van der Waals surface area contributed by atoms with Crippen molar-refractivity contribution in [1.29, 1.82) is 0 Å². The zero-order chi connectivity index (χ0) is 8.72. The van der Waals surface area contributed by atoms with Gasteiger partial charge in [-0.1, -0.05) is 12.2 Å². The summed E-state index contributed by atoms with van der Waals surface area (Å²) in [6.45, 7) is 2.08. The van der Waals surface area contributed by atoms with E-state index in [0.717, 1.165) is 18.4 Å². The molecule has 1 heterocycles. The van der Waals surface area contributed by atoms with Crippen molar-refractivity contribution in [1.82, 2.24) is 4.90 Å². The number of carbonyl (C=O) groups excluding carboxylic acids is 1. The molecule has 0 bridgehead atoms. The van der Waals surface area contributed by atoms with Crippen LogP contribution in [0.2, 0.25) is 0 Å². The van der Waals surface area contributed by atoms with Gasteiger partial charge in [0.05, 0.1) is 6.04 Å². The number of nitrogens with zero attached hydrogens (tertiary/aromatic N) is 1. The molecule has 1 atom stereocenters. The summed E-state index contributed by atoms with van der Waals surface area (Å²) in [4.78, 5) is 13.4. The van der Waals surface area contributed by atoms with Gasteiger partial charge in [0.15, 0.2) is 0 Å². The Labute approximate surface area is 72.6 Å². The van der Waals surface area contributed by atoms with Crippen molar-refractivity contribution in [3.8, 4) is 0 Å². The highest BCUT2D eigenvalue weighted by Gasteiger charge is 2.32. The minimum absolute atomic E-state index is 0.224. The Kier molecular flexibility index (Phi) is 1.56. The highest BCUT2D eigenvalue weighted by molar-refractivity contribution is 5.98. The summed E-state index contributed by atoms with van der Waals surface area (Å²) in [5.74, 6) is 0.224. The number of rotatable bonds is 0. The Morgan fingerprint density at radius 1 is 1.58 bits per heavy atom. The van der Waals surface area contributed by atoms with E-state index in [1.807, 2.05) is 11.9 Å². The van der Waals surface area contributed by atoms with Gasteiger partial charge in [-0.05, 0) is 25.3 Å². The summed E-state index contributed by atoms with van der Waals surface area (Å²) in [6.07, 6.45) is 6.21. The van der Waals surface area contributed by atoms with Crippen molar-refractivity contribution in [2.24, 2.45) is 0 Å². The van der Waals surface area contributed by atoms with Gasteiger partial charge in [0.1, 0.15) is 0 Å². The number of allylic oxidation sites excluding steroid dienone is 1. The largest absolute Gasteiger partial charge is 0.335 e. The minimum Gasteiger partial charge on any atom is -0.335 e. The van der Waals surface area contributed by atoms with Crippen LogP contribution < -0.4 is 0 Å². The van der Waals surface area contributed by atoms with Crippen LogP contribution in [0.4, 0.5) is 0 Å². The van der Waals surface area contributed by atoms with Gasteiger partial charge in [-0.3, -0.25) is 4.79 Å². The standard InChI is InChI=1S/C10H13NO/c1-7-8-5-3-4-6-9(8)10(12)11(7)2/h3,5,7H,4,6H2,1-2H3. The third kappa shape index (κ3) is 0.840. The van der Waals surface area contributed by atoms with E-state index in [2.05, 4.69) is 19.1 Å². The van der Waals surface area contributed by atoms with Crippen LogP contribution >= 0.6 is 0 Å². The van der Waals surface area contributed by atoms with Gasteiger partial charge in [-0.2, -0.15) is 0 Å². The van der Waals surface area contributed by atoms with E-state index >= 15 is 0 Å². The summed E-state index contributed by atoms with van der Waals surface area (Å²) in [5, 5.41) is 0. The van der Waals surface area contributed by atoms with Crippen LogP contribution in [0.25, 0.3) is 0 Å². The summed E-state index contributed by atoms with van der Waals surface area (Å²) in [5.41, 5.74) is 2.27. The third-order valence-corrected chi connectivity index (χ3v) is 2.82. The summed E-state index contributed by atoms with van der Waals surface area (Å²) < 4.78 is 0. The number of amides is 1. The average molecular weight is 163 g/mol. The zero-order valence-corrected chi connectivity index (χ0v) is 7.50. The lowest BCUT2D eigenvalue weighted by Gasteiger charge is -2.16. The second-order valence-electron chi connectivity index (χ2n) is 3.47. The third-order valence-electron chi connectivity index (χ3n) is 2.82. The minimum atomic E-state index is 0.224. The number of hydrogen-bond acceptors (Lipinski definition) is 1. The molecule has 12 heavy (non-hydrogen) atoms. The fourth-order valence-corrected chi connectivity index (χ4v) is 1.90. The van der Waals surface area contributed by atoms with Crippen LogP contribution in [0.15, 0.2) is 23.3 Å². The van der Waals surface area contributed by atoms with Crippen molar-refractivity contribution in [3.63, 3.8) is 0 Å². The van der Waals surface area contributed by atoms with E-state index in [4.69, 9.17) is 0 Å². The molecule has 0 N–H and O–H groups in total. The molecule has 0 aromatic rings. The van der Waals surface area contributed by atoms with E-state index in [1.165, 1.54) is 5.57 Å². The maximum absolute atomic E-state index is 11.6. The lowest BCUT2D eigenvalue weighted by atomic mass is 9.97. The predicted molar refractivity (Wildman–Crippen MR) is 47.6 cm³/mol. The topological polar surface area (TPSA) is 20.3 Å². The average Bonchev–Trinajstić information content (AvgIpc) is 2.33. The van der Waals surface area contributed by atoms with Gasteiger partial charge in [0.25, 0.3) is 0 Å². The molecule has 0 radical (unpaired) electrons. The van der Waals surface area contributed by atoms with Crippen LogP contribution in [0, 0.1) is 0 Å². The molecule has 1 aliphatic heterocycles. The Morgan fingerprint density at radius 3 is 3.00 bits per heavy atom. The first-order valence-electron chi connectivity index (χ1n) is 4.38. The van der Waals surface area contributed by atoms with E-state index in [9.17, 15) is 4.79 Å². The van der Waals surface area contributed by atoms with E-state index in [0.29, 0.717) is 0 Å². The van der Waals surface area contributed by atoms with Gasteiger partial charge in [-0.15, -0.1) is 0 Å². The van der Waals surface area contributed by atoms with Crippen LogP contribution in [-0.4, -0.2) is 23.9 Å². The number of carbonyl (C=O) groups is 1. The molecule has 1 aliphatic carbocycles. The SMILES string of the molecule is CC1C2=C(CCC=C2)C(=O)N1C. The molecule has 2 aliphatic rings. The smallest absolute Gasteiger partial charge is 0.250 e. The van der Waals surface area contributed by atoms with Gasteiger partial charge in [-0.25, -0.2) is 0 Å². The van der Waals surface area contributed by atoms with Gasteiger partial charge in [0, 0.05) is 12.6 Å². The van der Waals surface area contributed by atoms with Crippen molar-refractivity contribution < 1.29 is 4.79 Å². The zero-order valence-electron chi connectivity index (χ0n) is 7.50. The molecule has 2 heteroatoms. The maximum atomic E-state index is 11.6. The molecule has 0 aromatic heterocycles. The van der Waals surface area contributed by atoms with Crippen LogP contribution in [0.5, 0.6) is 0 Å². The second-order valence-corrected chi connectivity index (χ2v) is 3.47.